The van der Waals surface area contributed by atoms with Crippen LogP contribution in [-0.2, 0) is 9.53 Å². The van der Waals surface area contributed by atoms with Gasteiger partial charge in [0.05, 0.1) is 13.2 Å². The molecule has 1 aliphatic rings. The topological polar surface area (TPSA) is 67.3 Å². The number of aromatic nitrogens is 2. The highest BCUT2D eigenvalue weighted by atomic mass is 79.9. The number of hydrogen-bond donors (Lipinski definition) is 1. The number of nitrogens with one attached hydrogen (secondary N) is 1. The lowest BCUT2D eigenvalue weighted by molar-refractivity contribution is -0.124. The Morgan fingerprint density at radius 1 is 1.67 bits per heavy atom. The van der Waals surface area contributed by atoms with E-state index in [-0.39, 0.29) is 11.9 Å². The van der Waals surface area contributed by atoms with E-state index in [1.54, 1.807) is 0 Å². The Balaban J connectivity index is 2.08. The molecule has 1 aromatic heterocycles. The van der Waals surface area contributed by atoms with E-state index in [2.05, 4.69) is 31.4 Å². The minimum atomic E-state index is -0.315. The number of anilines is 1. The van der Waals surface area contributed by atoms with Gasteiger partial charge in [0.15, 0.2) is 3.92 Å². The molecule has 0 saturated carbocycles. The van der Waals surface area contributed by atoms with E-state index < -0.39 is 0 Å². The Kier molecular flexibility index (Phi) is 4.90. The lowest BCUT2D eigenvalue weighted by Crippen LogP contribution is -2.54. The number of rotatable bonds is 4. The zero-order valence-electron chi connectivity index (χ0n) is 10.1. The molecule has 1 N–H and O–H groups in total. The van der Waals surface area contributed by atoms with Crippen molar-refractivity contribution in [3.8, 4) is 0 Å². The van der Waals surface area contributed by atoms with Gasteiger partial charge in [-0.1, -0.05) is 18.3 Å². The van der Waals surface area contributed by atoms with Crippen LogP contribution in [0.3, 0.4) is 0 Å². The van der Waals surface area contributed by atoms with Crippen LogP contribution in [0.4, 0.5) is 5.13 Å². The second kappa shape index (κ2) is 6.44. The van der Waals surface area contributed by atoms with Gasteiger partial charge in [0.1, 0.15) is 6.04 Å². The molecule has 1 aliphatic heterocycles. The normalized spacial score (nSPS) is 19.9. The maximum atomic E-state index is 12.1. The van der Waals surface area contributed by atoms with Crippen molar-refractivity contribution in [2.45, 2.75) is 19.4 Å². The van der Waals surface area contributed by atoms with Crippen molar-refractivity contribution in [3.05, 3.63) is 3.92 Å². The van der Waals surface area contributed by atoms with Crippen molar-refractivity contribution in [1.82, 2.24) is 15.5 Å². The molecule has 0 bridgehead atoms. The molecule has 2 heterocycles. The predicted octanol–water partition coefficient (Wildman–Crippen LogP) is 1.03. The molecule has 0 spiro atoms. The summed E-state index contributed by atoms with van der Waals surface area (Å²) < 4.78 is 6.10. The van der Waals surface area contributed by atoms with E-state index in [1.165, 1.54) is 11.3 Å². The highest BCUT2D eigenvalue weighted by Gasteiger charge is 2.31. The summed E-state index contributed by atoms with van der Waals surface area (Å²) in [6, 6.07) is -0.315. The largest absolute Gasteiger partial charge is 0.377 e. The monoisotopic (exact) mass is 334 g/mol. The Labute approximate surface area is 118 Å². The third kappa shape index (κ3) is 3.18. The highest BCUT2D eigenvalue weighted by molar-refractivity contribution is 9.11. The van der Waals surface area contributed by atoms with Gasteiger partial charge in [0, 0.05) is 13.1 Å². The van der Waals surface area contributed by atoms with E-state index in [9.17, 15) is 4.79 Å². The Morgan fingerprint density at radius 2 is 2.50 bits per heavy atom. The van der Waals surface area contributed by atoms with E-state index in [1.807, 2.05) is 11.8 Å². The van der Waals surface area contributed by atoms with Gasteiger partial charge >= 0.3 is 0 Å². The third-order valence-electron chi connectivity index (χ3n) is 2.62. The molecule has 6 nitrogen and oxygen atoms in total. The fourth-order valence-corrected chi connectivity index (χ4v) is 2.89. The third-order valence-corrected chi connectivity index (χ3v) is 4.01. The summed E-state index contributed by atoms with van der Waals surface area (Å²) in [5.74, 6) is -0.0112. The van der Waals surface area contributed by atoms with Crippen LogP contribution < -0.4 is 10.2 Å². The average molecular weight is 335 g/mol. The molecule has 0 aromatic carbocycles. The molecule has 1 unspecified atom stereocenters. The van der Waals surface area contributed by atoms with Gasteiger partial charge in [0.25, 0.3) is 0 Å². The summed E-state index contributed by atoms with van der Waals surface area (Å²) in [5, 5.41) is 11.6. The number of carbonyl (C=O) groups excluding carboxylic acids is 1. The lowest BCUT2D eigenvalue weighted by Gasteiger charge is -2.33. The first kappa shape index (κ1) is 13.7. The minimum Gasteiger partial charge on any atom is -0.377 e. The van der Waals surface area contributed by atoms with Gasteiger partial charge in [-0.3, -0.25) is 4.79 Å². The molecule has 0 aliphatic carbocycles. The maximum absolute atomic E-state index is 12.1. The van der Waals surface area contributed by atoms with E-state index in [0.29, 0.717) is 26.3 Å². The molecule has 1 saturated heterocycles. The molecule has 100 valence electrons. The molecule has 1 aromatic rings. The smallest absolute Gasteiger partial charge is 0.245 e. The second-order valence-corrected chi connectivity index (χ2v) is 6.14. The van der Waals surface area contributed by atoms with Gasteiger partial charge < -0.3 is 15.0 Å². The molecular weight excluding hydrogens is 320 g/mol. The summed E-state index contributed by atoms with van der Waals surface area (Å²) in [4.78, 5) is 14.0. The zero-order chi connectivity index (χ0) is 13.0. The zero-order valence-corrected chi connectivity index (χ0v) is 12.5. The number of hydrogen-bond acceptors (Lipinski definition) is 6. The molecule has 2 rings (SSSR count). The fourth-order valence-electron chi connectivity index (χ4n) is 1.73. The van der Waals surface area contributed by atoms with Crippen LogP contribution in [0.25, 0.3) is 0 Å². The van der Waals surface area contributed by atoms with E-state index >= 15 is 0 Å². The first-order valence-corrected chi connectivity index (χ1v) is 7.44. The number of morpholine rings is 1. The predicted molar refractivity (Wildman–Crippen MR) is 72.9 cm³/mol. The minimum absolute atomic E-state index is 0.0112. The van der Waals surface area contributed by atoms with Crippen molar-refractivity contribution in [1.29, 1.82) is 0 Å². The maximum Gasteiger partial charge on any atom is 0.245 e. The number of carbonyl (C=O) groups is 1. The van der Waals surface area contributed by atoms with Gasteiger partial charge in [-0.25, -0.2) is 0 Å². The summed E-state index contributed by atoms with van der Waals surface area (Å²) >= 11 is 4.71. The summed E-state index contributed by atoms with van der Waals surface area (Å²) in [7, 11) is 0. The first-order chi connectivity index (χ1) is 8.72. The molecule has 8 heteroatoms. The highest BCUT2D eigenvalue weighted by Crippen LogP contribution is 2.26. The average Bonchev–Trinajstić information content (AvgIpc) is 2.82. The van der Waals surface area contributed by atoms with Gasteiger partial charge in [-0.15, -0.1) is 10.2 Å². The van der Waals surface area contributed by atoms with Crippen LogP contribution in [-0.4, -0.2) is 48.4 Å². The van der Waals surface area contributed by atoms with Crippen LogP contribution in [0, 0.1) is 0 Å². The van der Waals surface area contributed by atoms with Crippen LogP contribution in [0.5, 0.6) is 0 Å². The Hall–Kier alpha value is -0.730. The van der Waals surface area contributed by atoms with Gasteiger partial charge in [0.2, 0.25) is 11.0 Å². The van der Waals surface area contributed by atoms with Crippen molar-refractivity contribution < 1.29 is 9.53 Å². The number of amides is 1. The summed E-state index contributed by atoms with van der Waals surface area (Å²) in [6.45, 7) is 4.37. The molecule has 0 radical (unpaired) electrons. The molecule has 1 atom stereocenters. The summed E-state index contributed by atoms with van der Waals surface area (Å²) in [6.07, 6.45) is 0.920. The number of nitrogens with zero attached hydrogens (tertiary/aromatic N) is 3. The van der Waals surface area contributed by atoms with Crippen molar-refractivity contribution in [3.63, 3.8) is 0 Å². The first-order valence-electron chi connectivity index (χ1n) is 5.83. The van der Waals surface area contributed by atoms with Crippen LogP contribution in [0.2, 0.25) is 0 Å². The van der Waals surface area contributed by atoms with Gasteiger partial charge in [-0.05, 0) is 22.4 Å². The van der Waals surface area contributed by atoms with Crippen molar-refractivity contribution in [2.75, 3.05) is 31.2 Å². The van der Waals surface area contributed by atoms with Gasteiger partial charge in [-0.2, -0.15) is 0 Å². The SMILES string of the molecule is CCCNC(=O)C1COCCN1c1nnc(Br)s1. The fraction of sp³-hybridized carbons (Fsp3) is 0.700. The standard InChI is InChI=1S/C10H15BrN4O2S/c1-2-3-12-8(16)7-6-17-5-4-15(7)10-14-13-9(11)18-10/h7H,2-6H2,1H3,(H,12,16). The van der Waals surface area contributed by atoms with Crippen molar-refractivity contribution >= 4 is 38.3 Å². The van der Waals surface area contributed by atoms with Crippen LogP contribution in [0.15, 0.2) is 3.92 Å². The lowest BCUT2D eigenvalue weighted by atomic mass is 10.2. The van der Waals surface area contributed by atoms with Crippen LogP contribution in [0.1, 0.15) is 13.3 Å². The summed E-state index contributed by atoms with van der Waals surface area (Å²) in [5.41, 5.74) is 0. The molecule has 18 heavy (non-hydrogen) atoms. The number of halogens is 1. The Morgan fingerprint density at radius 3 is 3.17 bits per heavy atom. The molecular formula is C10H15BrN4O2S. The second-order valence-electron chi connectivity index (χ2n) is 3.91. The Bertz CT molecular complexity index is 414. The van der Waals surface area contributed by atoms with Crippen molar-refractivity contribution in [2.24, 2.45) is 0 Å². The molecule has 1 amide bonds. The van der Waals surface area contributed by atoms with E-state index in [0.717, 1.165) is 15.5 Å². The number of ether oxygens (including phenoxy) is 1. The van der Waals surface area contributed by atoms with Crippen LogP contribution >= 0.6 is 27.3 Å². The quantitative estimate of drug-likeness (QED) is 0.890. The van der Waals surface area contributed by atoms with E-state index in [4.69, 9.17) is 4.74 Å². The molecule has 1 fully saturated rings.